The molecular formula is C15H12Cl2N4O. The molecule has 0 aliphatic carbocycles. The molecule has 1 N–H and O–H groups in total. The quantitative estimate of drug-likeness (QED) is 0.758. The molecule has 1 aromatic carbocycles. The van der Waals surface area contributed by atoms with E-state index in [1.165, 1.54) is 6.33 Å². The number of rotatable bonds is 2. The highest BCUT2D eigenvalue weighted by atomic mass is 35.5. The van der Waals surface area contributed by atoms with Crippen molar-refractivity contribution in [1.29, 1.82) is 0 Å². The van der Waals surface area contributed by atoms with Crippen LogP contribution in [0.1, 0.15) is 29.8 Å². The number of fused-ring (bicyclic) bond motifs is 1. The number of nitrogens with zero attached hydrogens (tertiary/aromatic N) is 3. The van der Waals surface area contributed by atoms with E-state index >= 15 is 0 Å². The van der Waals surface area contributed by atoms with Crippen LogP contribution in [0, 0.1) is 0 Å². The van der Waals surface area contributed by atoms with E-state index in [1.807, 2.05) is 28.9 Å². The first-order valence-electron chi connectivity index (χ1n) is 6.87. The number of nitrogens with one attached hydrogen (secondary N) is 1. The van der Waals surface area contributed by atoms with Crippen LogP contribution in [0.15, 0.2) is 47.3 Å². The summed E-state index contributed by atoms with van der Waals surface area (Å²) in [7, 11) is 0. The summed E-state index contributed by atoms with van der Waals surface area (Å²) in [6.45, 7) is 0. The summed E-state index contributed by atoms with van der Waals surface area (Å²) in [6.07, 6.45) is 3.95. The summed E-state index contributed by atoms with van der Waals surface area (Å²) in [5, 5.41) is 8.91. The van der Waals surface area contributed by atoms with Crippen molar-refractivity contribution in [3.63, 3.8) is 0 Å². The smallest absolute Gasteiger partial charge is 0.222 e. The molecule has 7 heteroatoms. The van der Waals surface area contributed by atoms with Crippen LogP contribution in [-0.2, 0) is 0 Å². The van der Waals surface area contributed by atoms with Crippen LogP contribution in [0.3, 0.4) is 0 Å². The van der Waals surface area contributed by atoms with Gasteiger partial charge in [0, 0.05) is 16.5 Å². The van der Waals surface area contributed by atoms with Crippen LogP contribution in [0.5, 0.6) is 0 Å². The van der Waals surface area contributed by atoms with Gasteiger partial charge in [0.1, 0.15) is 18.1 Å². The van der Waals surface area contributed by atoms with Gasteiger partial charge in [-0.05, 0) is 29.8 Å². The van der Waals surface area contributed by atoms with Gasteiger partial charge in [-0.1, -0.05) is 29.3 Å². The summed E-state index contributed by atoms with van der Waals surface area (Å²) in [4.78, 5) is 4.27. The first kappa shape index (κ1) is 13.7. The van der Waals surface area contributed by atoms with Gasteiger partial charge in [-0.3, -0.25) is 0 Å². The van der Waals surface area contributed by atoms with Gasteiger partial charge < -0.3 is 9.73 Å². The Morgan fingerprint density at radius 3 is 2.95 bits per heavy atom. The third-order valence-corrected chi connectivity index (χ3v) is 4.40. The maximum absolute atomic E-state index is 6.35. The van der Waals surface area contributed by atoms with E-state index in [0.717, 1.165) is 17.7 Å². The number of hydrogen-bond acceptors (Lipinski definition) is 4. The Bertz CT molecular complexity index is 800. The van der Waals surface area contributed by atoms with Gasteiger partial charge in [-0.15, -0.1) is 0 Å². The third kappa shape index (κ3) is 2.26. The van der Waals surface area contributed by atoms with Crippen LogP contribution in [0.2, 0.25) is 10.0 Å². The lowest BCUT2D eigenvalue weighted by molar-refractivity contribution is 0.358. The van der Waals surface area contributed by atoms with Crippen LogP contribution < -0.4 is 5.32 Å². The first-order valence-corrected chi connectivity index (χ1v) is 7.62. The van der Waals surface area contributed by atoms with E-state index < -0.39 is 0 Å². The fourth-order valence-corrected chi connectivity index (χ4v) is 3.37. The molecule has 0 bridgehead atoms. The van der Waals surface area contributed by atoms with Gasteiger partial charge in [-0.25, -0.2) is 4.68 Å². The molecular weight excluding hydrogens is 323 g/mol. The van der Waals surface area contributed by atoms with E-state index in [1.54, 1.807) is 12.3 Å². The van der Waals surface area contributed by atoms with Crippen molar-refractivity contribution in [3.8, 4) is 0 Å². The van der Waals surface area contributed by atoms with Crippen LogP contribution in [0.4, 0.5) is 5.95 Å². The lowest BCUT2D eigenvalue weighted by Gasteiger charge is -2.30. The lowest BCUT2D eigenvalue weighted by Crippen LogP contribution is -2.28. The molecule has 0 radical (unpaired) electrons. The topological polar surface area (TPSA) is 55.9 Å². The summed E-state index contributed by atoms with van der Waals surface area (Å²) < 4.78 is 7.39. The lowest BCUT2D eigenvalue weighted by atomic mass is 9.96. The summed E-state index contributed by atoms with van der Waals surface area (Å²) in [5.41, 5.74) is 0.983. The largest absolute Gasteiger partial charge is 0.467 e. The SMILES string of the molecule is Clc1ccc([C@@H]2C[C@H](c3ccco3)n3ncnc3N2)c(Cl)c1. The number of aromatic nitrogens is 3. The predicted octanol–water partition coefficient (Wildman–Crippen LogP) is 4.32. The van der Waals surface area contributed by atoms with Crippen LogP contribution in [-0.4, -0.2) is 14.8 Å². The minimum Gasteiger partial charge on any atom is -0.467 e. The zero-order chi connectivity index (χ0) is 15.1. The number of furan rings is 1. The highest BCUT2D eigenvalue weighted by Crippen LogP contribution is 2.39. The fourth-order valence-electron chi connectivity index (χ4n) is 2.83. The average molecular weight is 335 g/mol. The molecule has 2 atom stereocenters. The van der Waals surface area contributed by atoms with Crippen molar-refractivity contribution in [3.05, 3.63) is 64.3 Å². The summed E-state index contributed by atoms with van der Waals surface area (Å²) in [6, 6.07) is 9.34. The number of halogens is 2. The highest BCUT2D eigenvalue weighted by Gasteiger charge is 2.32. The van der Waals surface area contributed by atoms with Gasteiger partial charge in [0.15, 0.2) is 0 Å². The molecule has 5 nitrogen and oxygen atoms in total. The molecule has 0 amide bonds. The van der Waals surface area contributed by atoms with E-state index in [0.29, 0.717) is 16.0 Å². The second kappa shape index (κ2) is 5.34. The Kier molecular flexibility index (Phi) is 3.32. The molecule has 2 aromatic heterocycles. The van der Waals surface area contributed by atoms with Crippen molar-refractivity contribution < 1.29 is 4.42 Å². The predicted molar refractivity (Wildman–Crippen MR) is 84.3 cm³/mol. The van der Waals surface area contributed by atoms with E-state index in [9.17, 15) is 0 Å². The van der Waals surface area contributed by atoms with E-state index in [4.69, 9.17) is 27.6 Å². The Morgan fingerprint density at radius 1 is 1.27 bits per heavy atom. The third-order valence-electron chi connectivity index (χ3n) is 3.84. The molecule has 1 aliphatic heterocycles. The number of hydrogen-bond donors (Lipinski definition) is 1. The van der Waals surface area contributed by atoms with Crippen LogP contribution >= 0.6 is 23.2 Å². The molecule has 22 heavy (non-hydrogen) atoms. The van der Waals surface area contributed by atoms with Crippen molar-refractivity contribution in [2.24, 2.45) is 0 Å². The highest BCUT2D eigenvalue weighted by molar-refractivity contribution is 6.35. The maximum Gasteiger partial charge on any atom is 0.222 e. The Labute approximate surface area is 136 Å². The van der Waals surface area contributed by atoms with Crippen molar-refractivity contribution in [1.82, 2.24) is 14.8 Å². The zero-order valence-electron chi connectivity index (χ0n) is 11.4. The molecule has 0 saturated carbocycles. The van der Waals surface area contributed by atoms with Gasteiger partial charge in [-0.2, -0.15) is 10.1 Å². The van der Waals surface area contributed by atoms with Crippen molar-refractivity contribution >= 4 is 29.2 Å². The molecule has 1 aliphatic rings. The van der Waals surface area contributed by atoms with Crippen molar-refractivity contribution in [2.45, 2.75) is 18.5 Å². The molecule has 112 valence electrons. The van der Waals surface area contributed by atoms with Gasteiger partial charge in [0.05, 0.1) is 12.3 Å². The molecule has 3 heterocycles. The normalized spacial score (nSPS) is 20.5. The monoisotopic (exact) mass is 334 g/mol. The molecule has 4 rings (SSSR count). The van der Waals surface area contributed by atoms with E-state index in [2.05, 4.69) is 15.4 Å². The average Bonchev–Trinajstić information content (AvgIpc) is 3.17. The second-order valence-corrected chi connectivity index (χ2v) is 6.00. The van der Waals surface area contributed by atoms with Gasteiger partial charge in [0.2, 0.25) is 5.95 Å². The molecule has 3 aromatic rings. The first-order chi connectivity index (χ1) is 10.7. The molecule has 0 fully saturated rings. The summed E-state index contributed by atoms with van der Waals surface area (Å²) in [5.74, 6) is 1.55. The number of benzene rings is 1. The Morgan fingerprint density at radius 2 is 2.18 bits per heavy atom. The standard InChI is InChI=1S/C15H12Cl2N4O/c16-9-3-4-10(11(17)6-9)12-7-13(14-2-1-5-22-14)21-15(20-12)18-8-19-21/h1-6,8,12-13H,7H2,(H,18,19,20)/t12-,13+/m0/s1. The van der Waals surface area contributed by atoms with Gasteiger partial charge in [0.25, 0.3) is 0 Å². The van der Waals surface area contributed by atoms with Gasteiger partial charge >= 0.3 is 0 Å². The Balaban J connectivity index is 1.75. The fraction of sp³-hybridized carbons (Fsp3) is 0.200. The second-order valence-electron chi connectivity index (χ2n) is 5.16. The van der Waals surface area contributed by atoms with Crippen LogP contribution in [0.25, 0.3) is 0 Å². The zero-order valence-corrected chi connectivity index (χ0v) is 12.9. The minimum atomic E-state index is -0.0227. The molecule has 0 unspecified atom stereocenters. The molecule has 0 spiro atoms. The minimum absolute atomic E-state index is 0.0107. The Hall–Kier alpha value is -1.98. The van der Waals surface area contributed by atoms with E-state index in [-0.39, 0.29) is 12.1 Å². The van der Waals surface area contributed by atoms with Crippen molar-refractivity contribution in [2.75, 3.05) is 5.32 Å². The molecule has 0 saturated heterocycles. The maximum atomic E-state index is 6.35. The number of anilines is 1. The summed E-state index contributed by atoms with van der Waals surface area (Å²) >= 11 is 12.3.